The highest BCUT2D eigenvalue weighted by molar-refractivity contribution is 7.89. The summed E-state index contributed by atoms with van der Waals surface area (Å²) in [6.45, 7) is 1.77. The molecule has 1 amide bonds. The number of likely N-dealkylation sites (N-methyl/N-ethyl adjacent to an activating group) is 1. The van der Waals surface area contributed by atoms with Crippen LogP contribution in [-0.4, -0.2) is 42.5 Å². The lowest BCUT2D eigenvalue weighted by atomic mass is 10.1. The number of anilines is 1. The summed E-state index contributed by atoms with van der Waals surface area (Å²) in [5, 5.41) is 3.04. The molecule has 1 atom stereocenters. The number of carbonyl (C=O) groups is 2. The van der Waals surface area contributed by atoms with E-state index in [2.05, 4.69) is 10.3 Å². The Balaban J connectivity index is 1.80. The number of pyridine rings is 1. The van der Waals surface area contributed by atoms with Gasteiger partial charge in [0, 0.05) is 22.8 Å². The van der Waals surface area contributed by atoms with Crippen molar-refractivity contribution in [2.45, 2.75) is 17.9 Å². The summed E-state index contributed by atoms with van der Waals surface area (Å²) >= 11 is 1.09. The predicted molar refractivity (Wildman–Crippen MR) is 102 cm³/mol. The Kier molecular flexibility index (Phi) is 4.10. The molecule has 4 rings (SSSR count). The Labute approximate surface area is 159 Å². The molecular weight excluding hydrogens is 386 g/mol. The molecule has 0 saturated heterocycles. The van der Waals surface area contributed by atoms with Crippen LogP contribution >= 0.6 is 11.3 Å². The molecule has 9 heteroatoms. The van der Waals surface area contributed by atoms with Crippen LogP contribution in [0.4, 0.5) is 5.82 Å². The van der Waals surface area contributed by atoms with E-state index in [1.807, 2.05) is 0 Å². The van der Waals surface area contributed by atoms with E-state index in [1.54, 1.807) is 49.4 Å². The van der Waals surface area contributed by atoms with Gasteiger partial charge in [-0.2, -0.15) is 4.31 Å². The number of hydrogen-bond acceptors (Lipinski definition) is 6. The van der Waals surface area contributed by atoms with Crippen LogP contribution in [-0.2, 0) is 14.8 Å². The van der Waals surface area contributed by atoms with Crippen molar-refractivity contribution in [2.24, 2.45) is 0 Å². The number of hydrogen-bond donors (Lipinski definition) is 1. The fourth-order valence-corrected chi connectivity index (χ4v) is 6.22. The number of carbonyl (C=O) groups excluding carboxylic acids is 2. The minimum absolute atomic E-state index is 0.0201. The number of thiophene rings is 1. The third kappa shape index (κ3) is 2.75. The van der Waals surface area contributed by atoms with Gasteiger partial charge in [-0.15, -0.1) is 11.3 Å². The topological polar surface area (TPSA) is 96.4 Å². The smallest absolute Gasteiger partial charge is 0.252 e. The lowest BCUT2D eigenvalue weighted by molar-refractivity contribution is -0.118. The van der Waals surface area contributed by atoms with Crippen molar-refractivity contribution in [1.29, 1.82) is 0 Å². The van der Waals surface area contributed by atoms with Gasteiger partial charge in [-0.3, -0.25) is 9.59 Å². The molecule has 0 bridgehead atoms. The van der Waals surface area contributed by atoms with E-state index in [1.165, 1.54) is 7.05 Å². The van der Waals surface area contributed by atoms with Crippen LogP contribution in [0.15, 0.2) is 47.4 Å². The van der Waals surface area contributed by atoms with E-state index in [-0.39, 0.29) is 15.6 Å². The maximum atomic E-state index is 13.0. The van der Waals surface area contributed by atoms with Gasteiger partial charge in [0.2, 0.25) is 15.8 Å². The summed E-state index contributed by atoms with van der Waals surface area (Å²) in [6.07, 6.45) is 0. The first-order valence-corrected chi connectivity index (χ1v) is 10.3. The van der Waals surface area contributed by atoms with Crippen LogP contribution in [0.1, 0.15) is 15.4 Å². The zero-order valence-electron chi connectivity index (χ0n) is 14.5. The standard InChI is InChI=1S/C18H15N3O4S2/c1-10-6-5-9-13(19-10)20-18(23)14-15(22)16-17(27(24,25)21(14)2)11-7-3-4-8-12(11)26-16/h3-9,14H,1-2H3,(H,19,20,23). The van der Waals surface area contributed by atoms with Gasteiger partial charge < -0.3 is 5.32 Å². The molecule has 3 aromatic rings. The molecular formula is C18H15N3O4S2. The van der Waals surface area contributed by atoms with Crippen molar-refractivity contribution < 1.29 is 18.0 Å². The molecule has 1 aromatic carbocycles. The molecule has 1 unspecified atom stereocenters. The van der Waals surface area contributed by atoms with Crippen molar-refractivity contribution in [1.82, 2.24) is 9.29 Å². The van der Waals surface area contributed by atoms with E-state index in [0.29, 0.717) is 15.8 Å². The molecule has 1 aliphatic rings. The summed E-state index contributed by atoms with van der Waals surface area (Å²) in [4.78, 5) is 30.0. The van der Waals surface area contributed by atoms with Crippen LogP contribution in [0.2, 0.25) is 0 Å². The number of aromatic nitrogens is 1. The fourth-order valence-electron chi connectivity index (χ4n) is 3.10. The molecule has 0 radical (unpaired) electrons. The highest BCUT2D eigenvalue weighted by Crippen LogP contribution is 2.40. The van der Waals surface area contributed by atoms with Crippen molar-refractivity contribution in [3.8, 4) is 0 Å². The number of nitrogens with one attached hydrogen (secondary N) is 1. The van der Waals surface area contributed by atoms with Gasteiger partial charge in [0.05, 0.1) is 4.88 Å². The van der Waals surface area contributed by atoms with Crippen LogP contribution < -0.4 is 5.32 Å². The SMILES string of the molecule is Cc1cccc(NC(=O)C2C(=O)c3sc4ccccc4c3S(=O)(=O)N2C)n1. The van der Waals surface area contributed by atoms with Gasteiger partial charge in [-0.25, -0.2) is 13.4 Å². The Hall–Kier alpha value is -2.62. The van der Waals surface area contributed by atoms with Gasteiger partial charge in [0.15, 0.2) is 6.04 Å². The zero-order valence-corrected chi connectivity index (χ0v) is 16.1. The Morgan fingerprint density at radius 3 is 2.67 bits per heavy atom. The Morgan fingerprint density at radius 2 is 1.93 bits per heavy atom. The second-order valence-corrected chi connectivity index (χ2v) is 9.18. The van der Waals surface area contributed by atoms with E-state index in [4.69, 9.17) is 0 Å². The van der Waals surface area contributed by atoms with Gasteiger partial charge in [0.25, 0.3) is 5.91 Å². The molecule has 0 saturated carbocycles. The average molecular weight is 401 g/mol. The molecule has 2 aromatic heterocycles. The molecule has 7 nitrogen and oxygen atoms in total. The van der Waals surface area contributed by atoms with Crippen LogP contribution in [0, 0.1) is 6.92 Å². The minimum atomic E-state index is -3.99. The number of Topliss-reactive ketones (excluding diaryl/α,β-unsaturated/α-hetero) is 1. The number of fused-ring (bicyclic) bond motifs is 3. The molecule has 3 heterocycles. The van der Waals surface area contributed by atoms with Crippen LogP contribution in [0.3, 0.4) is 0 Å². The number of benzene rings is 1. The Morgan fingerprint density at radius 1 is 1.19 bits per heavy atom. The van der Waals surface area contributed by atoms with Gasteiger partial charge in [-0.05, 0) is 25.1 Å². The second-order valence-electron chi connectivity index (χ2n) is 6.20. The maximum Gasteiger partial charge on any atom is 0.252 e. The molecule has 0 spiro atoms. The van der Waals surface area contributed by atoms with E-state index in [9.17, 15) is 18.0 Å². The van der Waals surface area contributed by atoms with Crippen molar-refractivity contribution in [2.75, 3.05) is 12.4 Å². The van der Waals surface area contributed by atoms with Crippen LogP contribution in [0.5, 0.6) is 0 Å². The number of amides is 1. The summed E-state index contributed by atoms with van der Waals surface area (Å²) in [7, 11) is -2.74. The highest BCUT2D eigenvalue weighted by Gasteiger charge is 2.47. The van der Waals surface area contributed by atoms with Gasteiger partial charge in [-0.1, -0.05) is 24.3 Å². The number of rotatable bonds is 2. The van der Waals surface area contributed by atoms with Crippen LogP contribution in [0.25, 0.3) is 10.1 Å². The molecule has 0 fully saturated rings. The lowest BCUT2D eigenvalue weighted by Gasteiger charge is -2.29. The number of nitrogens with zero attached hydrogens (tertiary/aromatic N) is 2. The van der Waals surface area contributed by atoms with Gasteiger partial charge >= 0.3 is 0 Å². The third-order valence-electron chi connectivity index (χ3n) is 4.41. The maximum absolute atomic E-state index is 13.0. The first-order chi connectivity index (χ1) is 12.8. The van der Waals surface area contributed by atoms with Crippen molar-refractivity contribution >= 4 is 49.0 Å². The summed E-state index contributed by atoms with van der Waals surface area (Å²) in [5.41, 5.74) is 0.690. The normalized spacial score (nSPS) is 19.0. The predicted octanol–water partition coefficient (Wildman–Crippen LogP) is 2.43. The molecule has 0 aliphatic carbocycles. The summed E-state index contributed by atoms with van der Waals surface area (Å²) in [5.74, 6) is -0.998. The summed E-state index contributed by atoms with van der Waals surface area (Å²) < 4.78 is 27.6. The quantitative estimate of drug-likeness (QED) is 0.665. The largest absolute Gasteiger partial charge is 0.309 e. The number of aryl methyl sites for hydroxylation is 1. The van der Waals surface area contributed by atoms with Gasteiger partial charge in [0.1, 0.15) is 10.7 Å². The first-order valence-electron chi connectivity index (χ1n) is 8.09. The molecule has 138 valence electrons. The van der Waals surface area contributed by atoms with Crippen molar-refractivity contribution in [3.05, 3.63) is 53.0 Å². The zero-order chi connectivity index (χ0) is 19.3. The fraction of sp³-hybridized carbons (Fsp3) is 0.167. The molecule has 1 N–H and O–H groups in total. The average Bonchev–Trinajstić information content (AvgIpc) is 3.01. The third-order valence-corrected chi connectivity index (χ3v) is 7.63. The van der Waals surface area contributed by atoms with E-state index < -0.39 is 27.8 Å². The van der Waals surface area contributed by atoms with Crippen molar-refractivity contribution in [3.63, 3.8) is 0 Å². The first kappa shape index (κ1) is 17.8. The lowest BCUT2D eigenvalue weighted by Crippen LogP contribution is -2.52. The Bertz CT molecular complexity index is 1200. The van der Waals surface area contributed by atoms with E-state index in [0.717, 1.165) is 15.6 Å². The monoisotopic (exact) mass is 401 g/mol. The molecule has 27 heavy (non-hydrogen) atoms. The second kappa shape index (κ2) is 6.22. The number of ketones is 1. The summed E-state index contributed by atoms with van der Waals surface area (Å²) in [6, 6.07) is 10.5. The van der Waals surface area contributed by atoms with E-state index >= 15 is 0 Å². The minimum Gasteiger partial charge on any atom is -0.309 e. The number of sulfonamides is 1. The molecule has 1 aliphatic heterocycles. The highest BCUT2D eigenvalue weighted by atomic mass is 32.2.